The van der Waals surface area contributed by atoms with Crippen molar-refractivity contribution in [3.63, 3.8) is 0 Å². The number of unbranched alkanes of at least 4 members (excludes halogenated alkanes) is 1. The number of hydrogen-bond acceptors (Lipinski definition) is 5. The first-order chi connectivity index (χ1) is 12.5. The van der Waals surface area contributed by atoms with E-state index in [0.717, 1.165) is 49.8 Å². The highest BCUT2D eigenvalue weighted by atomic mass is 127. The summed E-state index contributed by atoms with van der Waals surface area (Å²) in [5.74, 6) is 2.49. The number of aryl methyl sites for hydroxylation is 1. The molecule has 9 nitrogen and oxygen atoms in total. The van der Waals surface area contributed by atoms with E-state index in [-0.39, 0.29) is 36.1 Å². The number of halogens is 1. The monoisotopic (exact) mass is 493 g/mol. The second kappa shape index (κ2) is 12.0. The number of ether oxygens (including phenoxy) is 1. The third-order valence-corrected chi connectivity index (χ3v) is 4.65. The first kappa shape index (κ1) is 23.4. The highest BCUT2D eigenvalue weighted by molar-refractivity contribution is 14.0. The van der Waals surface area contributed by atoms with Gasteiger partial charge in [-0.1, -0.05) is 13.3 Å². The van der Waals surface area contributed by atoms with Gasteiger partial charge < -0.3 is 24.8 Å². The number of aliphatic imine (C=N–C) groups is 1. The Kier molecular flexibility index (Phi) is 10.4. The Hall–Kier alpha value is -1.59. The van der Waals surface area contributed by atoms with Crippen LogP contribution in [0.15, 0.2) is 4.99 Å². The summed E-state index contributed by atoms with van der Waals surface area (Å²) in [7, 11) is 3.36. The molecule has 2 rings (SSSR count). The SMILES string of the molecule is CCCCNC(=NCc1nnc(C)n1C)NC1CCN(C(=O)OC)CC1.I. The van der Waals surface area contributed by atoms with Gasteiger partial charge in [-0.05, 0) is 26.2 Å². The summed E-state index contributed by atoms with van der Waals surface area (Å²) in [4.78, 5) is 18.0. The van der Waals surface area contributed by atoms with Crippen molar-refractivity contribution in [1.29, 1.82) is 0 Å². The van der Waals surface area contributed by atoms with Crippen LogP contribution < -0.4 is 10.6 Å². The molecule has 1 aliphatic heterocycles. The van der Waals surface area contributed by atoms with Gasteiger partial charge in [0.2, 0.25) is 0 Å². The second-order valence-electron chi connectivity index (χ2n) is 6.54. The molecule has 1 aromatic rings. The van der Waals surface area contributed by atoms with Crippen molar-refractivity contribution >= 4 is 36.0 Å². The Morgan fingerprint density at radius 3 is 2.59 bits per heavy atom. The van der Waals surface area contributed by atoms with Crippen molar-refractivity contribution in [2.45, 2.75) is 52.1 Å². The molecule has 0 radical (unpaired) electrons. The van der Waals surface area contributed by atoms with Gasteiger partial charge in [-0.25, -0.2) is 9.79 Å². The molecule has 2 N–H and O–H groups in total. The smallest absolute Gasteiger partial charge is 0.409 e. The van der Waals surface area contributed by atoms with E-state index in [1.807, 2.05) is 18.5 Å². The molecule has 0 atom stereocenters. The summed E-state index contributed by atoms with van der Waals surface area (Å²) in [5.41, 5.74) is 0. The third kappa shape index (κ3) is 7.15. The third-order valence-electron chi connectivity index (χ3n) is 4.65. The molecule has 0 unspecified atom stereocenters. The molecule has 1 saturated heterocycles. The fourth-order valence-corrected chi connectivity index (χ4v) is 2.80. The summed E-state index contributed by atoms with van der Waals surface area (Å²) in [6.07, 6.45) is 3.69. The molecule has 10 heteroatoms. The minimum atomic E-state index is -0.254. The number of carbonyl (C=O) groups excluding carboxylic acids is 1. The topological polar surface area (TPSA) is 96.7 Å². The van der Waals surface area contributed by atoms with Gasteiger partial charge in [-0.15, -0.1) is 34.2 Å². The van der Waals surface area contributed by atoms with Crippen LogP contribution >= 0.6 is 24.0 Å². The van der Waals surface area contributed by atoms with Crippen molar-refractivity contribution in [2.24, 2.45) is 12.0 Å². The normalized spacial score (nSPS) is 15.3. The van der Waals surface area contributed by atoms with Crippen LogP contribution in [-0.2, 0) is 18.3 Å². The molecule has 0 spiro atoms. The van der Waals surface area contributed by atoms with E-state index in [1.165, 1.54) is 7.11 Å². The van der Waals surface area contributed by atoms with E-state index in [9.17, 15) is 4.79 Å². The number of likely N-dealkylation sites (tertiary alicyclic amines) is 1. The Morgan fingerprint density at radius 2 is 2.04 bits per heavy atom. The van der Waals surface area contributed by atoms with Gasteiger partial charge in [-0.2, -0.15) is 0 Å². The van der Waals surface area contributed by atoms with E-state index < -0.39 is 0 Å². The molecule has 1 aliphatic rings. The van der Waals surface area contributed by atoms with Crippen LogP contribution in [-0.4, -0.2) is 64.5 Å². The van der Waals surface area contributed by atoms with Gasteiger partial charge >= 0.3 is 6.09 Å². The van der Waals surface area contributed by atoms with Crippen molar-refractivity contribution in [3.8, 4) is 0 Å². The van der Waals surface area contributed by atoms with E-state index in [0.29, 0.717) is 19.6 Å². The molecule has 27 heavy (non-hydrogen) atoms. The number of rotatable bonds is 6. The lowest BCUT2D eigenvalue weighted by molar-refractivity contribution is 0.111. The van der Waals surface area contributed by atoms with Crippen LogP contribution in [0.3, 0.4) is 0 Å². The average molecular weight is 493 g/mol. The van der Waals surface area contributed by atoms with Gasteiger partial charge in [0.25, 0.3) is 0 Å². The van der Waals surface area contributed by atoms with Gasteiger partial charge in [0.15, 0.2) is 11.8 Å². The Labute approximate surface area is 178 Å². The van der Waals surface area contributed by atoms with Crippen LogP contribution in [0.5, 0.6) is 0 Å². The minimum Gasteiger partial charge on any atom is -0.453 e. The maximum atomic E-state index is 11.6. The summed E-state index contributed by atoms with van der Waals surface area (Å²) in [6, 6.07) is 0.282. The molecule has 1 amide bonds. The van der Waals surface area contributed by atoms with Gasteiger partial charge in [0.05, 0.1) is 7.11 Å². The van der Waals surface area contributed by atoms with E-state index in [4.69, 9.17) is 4.74 Å². The molecule has 1 aromatic heterocycles. The Balaban J connectivity index is 0.00000364. The Bertz CT molecular complexity index is 612. The Morgan fingerprint density at radius 1 is 1.33 bits per heavy atom. The van der Waals surface area contributed by atoms with Crippen LogP contribution in [0.2, 0.25) is 0 Å². The van der Waals surface area contributed by atoms with Gasteiger partial charge in [0, 0.05) is 32.7 Å². The maximum Gasteiger partial charge on any atom is 0.409 e. The van der Waals surface area contributed by atoms with E-state index in [1.54, 1.807) is 4.90 Å². The first-order valence-corrected chi connectivity index (χ1v) is 9.27. The fourth-order valence-electron chi connectivity index (χ4n) is 2.80. The summed E-state index contributed by atoms with van der Waals surface area (Å²) in [5, 5.41) is 15.1. The first-order valence-electron chi connectivity index (χ1n) is 9.27. The zero-order valence-corrected chi connectivity index (χ0v) is 19.0. The number of guanidine groups is 1. The lowest BCUT2D eigenvalue weighted by atomic mass is 10.1. The molecule has 0 aromatic carbocycles. The number of methoxy groups -OCH3 is 1. The largest absolute Gasteiger partial charge is 0.453 e. The van der Waals surface area contributed by atoms with E-state index >= 15 is 0 Å². The molecule has 0 aliphatic carbocycles. The van der Waals surface area contributed by atoms with Crippen molar-refractivity contribution in [2.75, 3.05) is 26.7 Å². The predicted octanol–water partition coefficient (Wildman–Crippen LogP) is 1.81. The number of hydrogen-bond donors (Lipinski definition) is 2. The highest BCUT2D eigenvalue weighted by Gasteiger charge is 2.23. The predicted molar refractivity (Wildman–Crippen MR) is 115 cm³/mol. The molecular formula is C17H32IN7O2. The van der Waals surface area contributed by atoms with Gasteiger partial charge in [0.1, 0.15) is 12.4 Å². The lowest BCUT2D eigenvalue weighted by Gasteiger charge is -2.32. The van der Waals surface area contributed by atoms with Crippen molar-refractivity contribution in [3.05, 3.63) is 11.6 Å². The maximum absolute atomic E-state index is 11.6. The van der Waals surface area contributed by atoms with Crippen LogP contribution in [0.1, 0.15) is 44.3 Å². The number of nitrogens with one attached hydrogen (secondary N) is 2. The minimum absolute atomic E-state index is 0. The van der Waals surface area contributed by atoms with E-state index in [2.05, 4.69) is 32.7 Å². The van der Waals surface area contributed by atoms with Crippen molar-refractivity contribution in [1.82, 2.24) is 30.3 Å². The number of amides is 1. The quantitative estimate of drug-likeness (QED) is 0.272. The molecule has 0 bridgehead atoms. The summed E-state index contributed by atoms with van der Waals surface area (Å²) >= 11 is 0. The zero-order valence-electron chi connectivity index (χ0n) is 16.7. The van der Waals surface area contributed by atoms with Crippen molar-refractivity contribution < 1.29 is 9.53 Å². The number of aromatic nitrogens is 3. The summed E-state index contributed by atoms with van der Waals surface area (Å²) < 4.78 is 6.73. The molecular weight excluding hydrogens is 461 g/mol. The molecule has 0 saturated carbocycles. The molecule has 2 heterocycles. The number of piperidine rings is 1. The van der Waals surface area contributed by atoms with Crippen LogP contribution in [0.25, 0.3) is 0 Å². The van der Waals surface area contributed by atoms with Gasteiger partial charge in [-0.3, -0.25) is 0 Å². The number of nitrogens with zero attached hydrogens (tertiary/aromatic N) is 5. The second-order valence-corrected chi connectivity index (χ2v) is 6.54. The summed E-state index contributed by atoms with van der Waals surface area (Å²) in [6.45, 7) is 6.82. The van der Waals surface area contributed by atoms with Crippen LogP contribution in [0.4, 0.5) is 4.79 Å². The number of carbonyl (C=O) groups is 1. The molecule has 154 valence electrons. The standard InChI is InChI=1S/C17H31N7O2.HI/c1-5-6-9-18-16(19-12-15-22-21-13(2)23(15)3)20-14-7-10-24(11-8-14)17(25)26-4;/h14H,5-12H2,1-4H3,(H2,18,19,20);1H. The molecule has 1 fully saturated rings. The highest BCUT2D eigenvalue weighted by Crippen LogP contribution is 2.11. The lowest BCUT2D eigenvalue weighted by Crippen LogP contribution is -2.50. The zero-order chi connectivity index (χ0) is 18.9. The van der Waals surface area contributed by atoms with Crippen LogP contribution in [0, 0.1) is 6.92 Å². The average Bonchev–Trinajstić information content (AvgIpc) is 2.98. The fraction of sp³-hybridized carbons (Fsp3) is 0.765.